The van der Waals surface area contributed by atoms with E-state index < -0.39 is 0 Å². The van der Waals surface area contributed by atoms with E-state index in [1.165, 1.54) is 61.4 Å². The Kier molecular flexibility index (Phi) is 6.05. The van der Waals surface area contributed by atoms with E-state index >= 15 is 4.39 Å². The van der Waals surface area contributed by atoms with Crippen LogP contribution in [-0.2, 0) is 18.4 Å². The molecular formula is C33H38FNO2. The predicted molar refractivity (Wildman–Crippen MR) is 146 cm³/mol. The summed E-state index contributed by atoms with van der Waals surface area (Å²) < 4.78 is 26.7. The zero-order chi connectivity index (χ0) is 25.8. The molecule has 3 aromatic rings. The maximum absolute atomic E-state index is 15.0. The molecule has 0 N–H and O–H groups in total. The second-order valence-corrected chi connectivity index (χ2v) is 12.3. The monoisotopic (exact) mass is 499 g/mol. The van der Waals surface area contributed by atoms with E-state index in [0.29, 0.717) is 29.4 Å². The second-order valence-electron chi connectivity index (χ2n) is 12.3. The van der Waals surface area contributed by atoms with Crippen LogP contribution in [0.1, 0.15) is 87.5 Å². The number of fused-ring (bicyclic) bond motifs is 2. The van der Waals surface area contributed by atoms with Gasteiger partial charge >= 0.3 is 0 Å². The van der Waals surface area contributed by atoms with E-state index in [1.807, 2.05) is 0 Å². The number of ether oxygens (including phenoxy) is 2. The van der Waals surface area contributed by atoms with Crippen molar-refractivity contribution in [3.63, 3.8) is 0 Å². The molecule has 1 spiro atoms. The molecule has 0 radical (unpaired) electrons. The molecule has 37 heavy (non-hydrogen) atoms. The van der Waals surface area contributed by atoms with Crippen molar-refractivity contribution in [2.45, 2.75) is 83.7 Å². The third-order valence-electron chi connectivity index (χ3n) is 9.91. The number of methoxy groups -OCH3 is 1. The minimum absolute atomic E-state index is 0.162. The molecular weight excluding hydrogens is 461 g/mol. The number of hydrogen-bond donors (Lipinski definition) is 0. The average molecular weight is 500 g/mol. The summed E-state index contributed by atoms with van der Waals surface area (Å²) in [5.41, 5.74) is 7.37. The molecule has 2 aromatic carbocycles. The molecule has 0 amide bonds. The maximum atomic E-state index is 15.0. The van der Waals surface area contributed by atoms with Crippen LogP contribution < -0.4 is 9.47 Å². The first-order chi connectivity index (χ1) is 17.8. The third-order valence-corrected chi connectivity index (χ3v) is 9.91. The summed E-state index contributed by atoms with van der Waals surface area (Å²) in [6, 6.07) is 14.8. The van der Waals surface area contributed by atoms with Gasteiger partial charge in [0.1, 0.15) is 18.2 Å². The van der Waals surface area contributed by atoms with Crippen molar-refractivity contribution in [1.82, 2.24) is 4.98 Å². The Morgan fingerprint density at radius 2 is 1.86 bits per heavy atom. The molecule has 2 saturated carbocycles. The average Bonchev–Trinajstić information content (AvgIpc) is 3.47. The van der Waals surface area contributed by atoms with Crippen molar-refractivity contribution >= 4 is 0 Å². The normalized spacial score (nSPS) is 25.6. The van der Waals surface area contributed by atoms with E-state index in [9.17, 15) is 0 Å². The number of hydrogen-bond acceptors (Lipinski definition) is 3. The zero-order valence-corrected chi connectivity index (χ0v) is 22.6. The number of benzene rings is 2. The van der Waals surface area contributed by atoms with Gasteiger partial charge in [0, 0.05) is 11.6 Å². The molecule has 0 aliphatic heterocycles. The van der Waals surface area contributed by atoms with E-state index in [4.69, 9.17) is 9.47 Å². The summed E-state index contributed by atoms with van der Waals surface area (Å²) in [4.78, 5) is 4.05. The van der Waals surface area contributed by atoms with Crippen LogP contribution in [0.25, 0.3) is 11.1 Å². The second kappa shape index (κ2) is 9.15. The molecule has 0 unspecified atom stereocenters. The first-order valence-corrected chi connectivity index (χ1v) is 13.9. The lowest BCUT2D eigenvalue weighted by Crippen LogP contribution is -2.40. The van der Waals surface area contributed by atoms with Crippen molar-refractivity contribution in [1.29, 1.82) is 0 Å². The fraction of sp³-hybridized carbons (Fsp3) is 0.485. The molecule has 4 heteroatoms. The number of nitrogens with zero attached hydrogens (tertiary/aromatic N) is 1. The summed E-state index contributed by atoms with van der Waals surface area (Å²) in [5.74, 6) is 2.19. The van der Waals surface area contributed by atoms with E-state index in [0.717, 1.165) is 29.2 Å². The molecule has 6 rings (SSSR count). The molecule has 0 saturated heterocycles. The minimum atomic E-state index is -0.320. The molecule has 0 bridgehead atoms. The Labute approximate surface area is 220 Å². The highest BCUT2D eigenvalue weighted by atomic mass is 19.1. The number of pyridine rings is 1. The third kappa shape index (κ3) is 4.13. The SMILES string of the molecule is COc1cc(-c2ccc(COc3ccc4c(c3)[C@@]3(CC4)CC[C@@H]3C)cc2[C@@H]2CCCC2(C)C)c(F)cn1. The zero-order valence-electron chi connectivity index (χ0n) is 22.6. The number of aryl methyl sites for hydroxylation is 1. The van der Waals surface area contributed by atoms with Gasteiger partial charge in [-0.15, -0.1) is 0 Å². The quantitative estimate of drug-likeness (QED) is 0.341. The van der Waals surface area contributed by atoms with Crippen molar-refractivity contribution < 1.29 is 13.9 Å². The van der Waals surface area contributed by atoms with E-state index in [1.54, 1.807) is 13.2 Å². The molecule has 3 aliphatic carbocycles. The fourth-order valence-electron chi connectivity index (χ4n) is 7.42. The largest absolute Gasteiger partial charge is 0.489 e. The number of halogens is 1. The molecule has 1 aromatic heterocycles. The maximum Gasteiger partial charge on any atom is 0.213 e. The summed E-state index contributed by atoms with van der Waals surface area (Å²) in [7, 11) is 1.57. The molecule has 194 valence electrons. The van der Waals surface area contributed by atoms with Crippen molar-refractivity contribution in [2.24, 2.45) is 11.3 Å². The Hall–Kier alpha value is -2.88. The summed E-state index contributed by atoms with van der Waals surface area (Å²) in [6.07, 6.45) is 9.86. The summed E-state index contributed by atoms with van der Waals surface area (Å²) in [6.45, 7) is 7.58. The van der Waals surface area contributed by atoms with Gasteiger partial charge in [-0.2, -0.15) is 0 Å². The Morgan fingerprint density at radius 3 is 2.57 bits per heavy atom. The number of aromatic nitrogens is 1. The highest BCUT2D eigenvalue weighted by molar-refractivity contribution is 5.70. The van der Waals surface area contributed by atoms with Gasteiger partial charge in [0.25, 0.3) is 0 Å². The highest BCUT2D eigenvalue weighted by Gasteiger charge is 2.49. The van der Waals surface area contributed by atoms with Crippen LogP contribution in [0.5, 0.6) is 11.6 Å². The van der Waals surface area contributed by atoms with Crippen LogP contribution in [0, 0.1) is 17.2 Å². The lowest BCUT2D eigenvalue weighted by atomic mass is 9.58. The Balaban J connectivity index is 1.31. The van der Waals surface area contributed by atoms with Crippen LogP contribution in [0.2, 0.25) is 0 Å². The van der Waals surface area contributed by atoms with Crippen molar-refractivity contribution in [3.8, 4) is 22.8 Å². The van der Waals surface area contributed by atoms with Crippen LogP contribution >= 0.6 is 0 Å². The van der Waals surface area contributed by atoms with Gasteiger partial charge in [-0.05, 0) is 101 Å². The first-order valence-electron chi connectivity index (χ1n) is 13.9. The molecule has 1 heterocycles. The summed E-state index contributed by atoms with van der Waals surface area (Å²) in [5, 5.41) is 0. The Bertz CT molecular complexity index is 1330. The molecule has 3 aliphatic rings. The molecule has 3 nitrogen and oxygen atoms in total. The smallest absolute Gasteiger partial charge is 0.213 e. The van der Waals surface area contributed by atoms with Crippen LogP contribution in [0.3, 0.4) is 0 Å². The van der Waals surface area contributed by atoms with Gasteiger partial charge in [0.15, 0.2) is 0 Å². The standard InChI is InChI=1S/C33H38FNO2/c1-21-11-14-33(21)15-12-23-8-9-24(17-29(23)33)37-20-22-7-10-25(27-18-31(36-4)35-19-30(27)34)26(16-22)28-6-5-13-32(28,2)3/h7-10,16-19,21,28H,5-6,11-15,20H2,1-4H3/t21-,28-,33+/m0/s1. The Morgan fingerprint density at radius 1 is 1.00 bits per heavy atom. The van der Waals surface area contributed by atoms with Crippen LogP contribution in [-0.4, -0.2) is 12.1 Å². The molecule has 2 fully saturated rings. The highest BCUT2D eigenvalue weighted by Crippen LogP contribution is 2.56. The van der Waals surface area contributed by atoms with E-state index in [2.05, 4.69) is 62.2 Å². The van der Waals surface area contributed by atoms with Crippen molar-refractivity contribution in [2.75, 3.05) is 7.11 Å². The predicted octanol–water partition coefficient (Wildman–Crippen LogP) is 8.38. The van der Waals surface area contributed by atoms with Gasteiger partial charge in [0.05, 0.1) is 13.3 Å². The van der Waals surface area contributed by atoms with Gasteiger partial charge < -0.3 is 9.47 Å². The first kappa shape index (κ1) is 24.5. The van der Waals surface area contributed by atoms with E-state index in [-0.39, 0.29) is 11.2 Å². The van der Waals surface area contributed by atoms with Gasteiger partial charge in [-0.25, -0.2) is 9.37 Å². The fourth-order valence-corrected chi connectivity index (χ4v) is 7.42. The van der Waals surface area contributed by atoms with Crippen LogP contribution in [0.4, 0.5) is 4.39 Å². The van der Waals surface area contributed by atoms with Crippen LogP contribution in [0.15, 0.2) is 48.7 Å². The minimum Gasteiger partial charge on any atom is -0.489 e. The topological polar surface area (TPSA) is 31.4 Å². The lowest BCUT2D eigenvalue weighted by Gasteiger charge is -2.46. The van der Waals surface area contributed by atoms with Gasteiger partial charge in [-0.3, -0.25) is 0 Å². The number of rotatable bonds is 6. The van der Waals surface area contributed by atoms with Gasteiger partial charge in [0.2, 0.25) is 5.88 Å². The van der Waals surface area contributed by atoms with Crippen molar-refractivity contribution in [3.05, 3.63) is 76.7 Å². The molecule has 3 atom stereocenters. The summed E-state index contributed by atoms with van der Waals surface area (Å²) >= 11 is 0. The lowest BCUT2D eigenvalue weighted by molar-refractivity contribution is 0.138. The van der Waals surface area contributed by atoms with Gasteiger partial charge in [-0.1, -0.05) is 51.5 Å².